The molecule has 0 aliphatic heterocycles. The van der Waals surface area contributed by atoms with Crippen molar-refractivity contribution in [3.05, 3.63) is 29.8 Å². The molecule has 2 N–H and O–H groups in total. The van der Waals surface area contributed by atoms with E-state index in [4.69, 9.17) is 15.0 Å². The minimum absolute atomic E-state index is 0.173. The van der Waals surface area contributed by atoms with Crippen LogP contribution in [0.5, 0.6) is 0 Å². The van der Waals surface area contributed by atoms with Crippen molar-refractivity contribution < 1.29 is 14.1 Å². The number of pyridine rings is 1. The van der Waals surface area contributed by atoms with Gasteiger partial charge in [0.2, 0.25) is 5.82 Å². The topological polar surface area (TPSA) is 104 Å². The maximum atomic E-state index is 10.6. The van der Waals surface area contributed by atoms with E-state index in [2.05, 4.69) is 15.1 Å². The summed E-state index contributed by atoms with van der Waals surface area (Å²) in [5, 5.41) is 3.78. The Hall–Kier alpha value is -2.44. The van der Waals surface area contributed by atoms with Crippen molar-refractivity contribution in [1.29, 1.82) is 0 Å². The zero-order valence-corrected chi connectivity index (χ0v) is 9.95. The first-order valence-corrected chi connectivity index (χ1v) is 5.29. The van der Waals surface area contributed by atoms with Gasteiger partial charge in [-0.3, -0.25) is 4.98 Å². The first kappa shape index (κ1) is 12.0. The summed E-state index contributed by atoms with van der Waals surface area (Å²) in [7, 11) is 0. The number of aromatic nitrogens is 3. The van der Waals surface area contributed by atoms with E-state index in [1.165, 1.54) is 0 Å². The largest absolute Gasteiger partial charge is 0.437 e. The zero-order valence-electron chi connectivity index (χ0n) is 9.95. The van der Waals surface area contributed by atoms with E-state index in [9.17, 15) is 4.79 Å². The Morgan fingerprint density at radius 3 is 3.00 bits per heavy atom. The molecule has 1 amide bonds. The fourth-order valence-corrected chi connectivity index (χ4v) is 1.39. The van der Waals surface area contributed by atoms with Gasteiger partial charge >= 0.3 is 6.09 Å². The second-order valence-electron chi connectivity index (χ2n) is 3.75. The number of amides is 1. The monoisotopic (exact) mass is 248 g/mol. The number of carbonyl (C=O) groups excluding carboxylic acids is 1. The summed E-state index contributed by atoms with van der Waals surface area (Å²) in [5.41, 5.74) is 6.53. The zero-order chi connectivity index (χ0) is 13.1. The molecule has 0 bridgehead atoms. The molecule has 2 rings (SSSR count). The molecule has 7 heteroatoms. The van der Waals surface area contributed by atoms with E-state index in [1.807, 2.05) is 19.1 Å². The molecule has 0 aliphatic rings. The van der Waals surface area contributed by atoms with Crippen LogP contribution in [0.15, 0.2) is 22.9 Å². The lowest BCUT2D eigenvalue weighted by Gasteiger charge is -2.04. The molecule has 0 saturated heterocycles. The van der Waals surface area contributed by atoms with Gasteiger partial charge < -0.3 is 15.0 Å². The first-order valence-electron chi connectivity index (χ1n) is 5.29. The fraction of sp³-hybridized carbons (Fsp3) is 0.273. The molecule has 0 spiro atoms. The number of nitrogens with zero attached hydrogens (tertiary/aromatic N) is 3. The molecule has 94 valence electrons. The second-order valence-corrected chi connectivity index (χ2v) is 3.75. The van der Waals surface area contributed by atoms with Crippen LogP contribution < -0.4 is 5.73 Å². The molecule has 7 nitrogen and oxygen atoms in total. The molecule has 1 unspecified atom stereocenters. The van der Waals surface area contributed by atoms with Crippen molar-refractivity contribution in [2.45, 2.75) is 20.0 Å². The third kappa shape index (κ3) is 2.62. The quantitative estimate of drug-likeness (QED) is 0.884. The standard InChI is InChI=1S/C11H12N4O3/c1-6-3-4-13-8(5-6)9-14-10(18-15-9)7(2)17-11(12)16/h3-5,7H,1-2H3,(H2,12,16). The Labute approximate surface area is 103 Å². The molecule has 2 heterocycles. The van der Waals surface area contributed by atoms with Crippen molar-refractivity contribution >= 4 is 6.09 Å². The molecule has 18 heavy (non-hydrogen) atoms. The van der Waals surface area contributed by atoms with Crippen molar-refractivity contribution in [2.24, 2.45) is 5.73 Å². The van der Waals surface area contributed by atoms with Gasteiger partial charge in [-0.2, -0.15) is 4.98 Å². The smallest absolute Gasteiger partial charge is 0.405 e. The molecule has 2 aromatic heterocycles. The highest BCUT2D eigenvalue weighted by Gasteiger charge is 2.18. The SMILES string of the molecule is Cc1ccnc(-c2noc(C(C)OC(N)=O)n2)c1. The Bertz CT molecular complexity index is 567. The Morgan fingerprint density at radius 1 is 1.56 bits per heavy atom. The number of ether oxygens (including phenoxy) is 1. The molecular weight excluding hydrogens is 236 g/mol. The van der Waals surface area contributed by atoms with Gasteiger partial charge in [-0.1, -0.05) is 5.16 Å². The molecule has 0 aromatic carbocycles. The predicted molar refractivity (Wildman–Crippen MR) is 61.3 cm³/mol. The lowest BCUT2D eigenvalue weighted by molar-refractivity contribution is 0.0959. The van der Waals surface area contributed by atoms with Crippen LogP contribution in [-0.2, 0) is 4.74 Å². The highest BCUT2D eigenvalue weighted by Crippen LogP contribution is 2.19. The van der Waals surface area contributed by atoms with E-state index in [0.717, 1.165) is 5.56 Å². The van der Waals surface area contributed by atoms with Gasteiger partial charge in [-0.15, -0.1) is 0 Å². The number of hydrogen-bond acceptors (Lipinski definition) is 6. The van der Waals surface area contributed by atoms with Crippen LogP contribution in [0.25, 0.3) is 11.5 Å². The number of nitrogens with two attached hydrogens (primary N) is 1. The number of carbonyl (C=O) groups is 1. The molecule has 0 aliphatic carbocycles. The average Bonchev–Trinajstić information content (AvgIpc) is 2.77. The van der Waals surface area contributed by atoms with Crippen LogP contribution in [-0.4, -0.2) is 21.2 Å². The van der Waals surface area contributed by atoms with E-state index in [-0.39, 0.29) is 5.89 Å². The van der Waals surface area contributed by atoms with Gasteiger partial charge in [-0.25, -0.2) is 4.79 Å². The van der Waals surface area contributed by atoms with Crippen LogP contribution in [0.2, 0.25) is 0 Å². The second kappa shape index (κ2) is 4.82. The molecule has 2 aromatic rings. The van der Waals surface area contributed by atoms with E-state index in [1.54, 1.807) is 13.1 Å². The van der Waals surface area contributed by atoms with Crippen molar-refractivity contribution in [2.75, 3.05) is 0 Å². The van der Waals surface area contributed by atoms with E-state index < -0.39 is 12.2 Å². The molecule has 1 atom stereocenters. The van der Waals surface area contributed by atoms with Crippen molar-refractivity contribution in [3.63, 3.8) is 0 Å². The lowest BCUT2D eigenvalue weighted by atomic mass is 10.2. The Morgan fingerprint density at radius 2 is 2.33 bits per heavy atom. The van der Waals surface area contributed by atoms with Crippen LogP contribution >= 0.6 is 0 Å². The van der Waals surface area contributed by atoms with Gasteiger partial charge in [0.05, 0.1) is 0 Å². The normalized spacial score (nSPS) is 12.1. The van der Waals surface area contributed by atoms with Crippen LogP contribution in [0.1, 0.15) is 24.5 Å². The summed E-state index contributed by atoms with van der Waals surface area (Å²) in [6, 6.07) is 3.69. The van der Waals surface area contributed by atoms with E-state index in [0.29, 0.717) is 11.5 Å². The highest BCUT2D eigenvalue weighted by molar-refractivity contribution is 5.64. The van der Waals surface area contributed by atoms with Crippen LogP contribution in [0.3, 0.4) is 0 Å². The van der Waals surface area contributed by atoms with Crippen LogP contribution in [0, 0.1) is 6.92 Å². The molecule has 0 saturated carbocycles. The highest BCUT2D eigenvalue weighted by atomic mass is 16.6. The maximum Gasteiger partial charge on any atom is 0.405 e. The number of hydrogen-bond donors (Lipinski definition) is 1. The van der Waals surface area contributed by atoms with Gasteiger partial charge in [0.1, 0.15) is 5.69 Å². The summed E-state index contributed by atoms with van der Waals surface area (Å²) in [6.45, 7) is 3.52. The Kier molecular flexibility index (Phi) is 3.22. The van der Waals surface area contributed by atoms with Crippen molar-refractivity contribution in [1.82, 2.24) is 15.1 Å². The molecular formula is C11H12N4O3. The summed E-state index contributed by atoms with van der Waals surface area (Å²) in [4.78, 5) is 18.8. The minimum Gasteiger partial charge on any atom is -0.437 e. The first-order chi connectivity index (χ1) is 8.56. The van der Waals surface area contributed by atoms with Gasteiger partial charge in [0, 0.05) is 6.20 Å². The molecule has 0 radical (unpaired) electrons. The predicted octanol–water partition coefficient (Wildman–Crippen LogP) is 1.60. The summed E-state index contributed by atoms with van der Waals surface area (Å²) >= 11 is 0. The number of rotatable bonds is 3. The number of aryl methyl sites for hydroxylation is 1. The minimum atomic E-state index is -0.893. The number of primary amides is 1. The van der Waals surface area contributed by atoms with Gasteiger partial charge in [-0.05, 0) is 31.5 Å². The van der Waals surface area contributed by atoms with E-state index >= 15 is 0 Å². The summed E-state index contributed by atoms with van der Waals surface area (Å²) in [5.74, 6) is 0.515. The molecule has 0 fully saturated rings. The van der Waals surface area contributed by atoms with Crippen LogP contribution in [0.4, 0.5) is 4.79 Å². The maximum absolute atomic E-state index is 10.6. The summed E-state index contributed by atoms with van der Waals surface area (Å²) in [6.07, 6.45) is 0.0776. The Balaban J connectivity index is 2.22. The average molecular weight is 248 g/mol. The van der Waals surface area contributed by atoms with Crippen molar-refractivity contribution in [3.8, 4) is 11.5 Å². The van der Waals surface area contributed by atoms with Gasteiger partial charge in [0.15, 0.2) is 6.10 Å². The third-order valence-electron chi connectivity index (χ3n) is 2.23. The van der Waals surface area contributed by atoms with Gasteiger partial charge in [0.25, 0.3) is 5.89 Å². The summed E-state index contributed by atoms with van der Waals surface area (Å²) < 4.78 is 9.72. The fourth-order valence-electron chi connectivity index (χ4n) is 1.39. The third-order valence-corrected chi connectivity index (χ3v) is 2.23. The lowest BCUT2D eigenvalue weighted by Crippen LogP contribution is -2.15.